The van der Waals surface area contributed by atoms with E-state index in [-0.39, 0.29) is 5.91 Å². The molecular formula is C35H45N3O2. The summed E-state index contributed by atoms with van der Waals surface area (Å²) in [4.78, 5) is 17.1. The topological polar surface area (TPSA) is 56.1 Å². The Hall–Kier alpha value is -3.60. The number of rotatable bonds is 16. The lowest BCUT2D eigenvalue weighted by atomic mass is 10.0. The van der Waals surface area contributed by atoms with Crippen molar-refractivity contribution in [3.8, 4) is 5.75 Å². The van der Waals surface area contributed by atoms with E-state index in [4.69, 9.17) is 9.72 Å². The molecule has 212 valence electrons. The maximum Gasteiger partial charge on any atom is 0.220 e. The van der Waals surface area contributed by atoms with Crippen LogP contribution in [0.3, 0.4) is 0 Å². The first kappa shape index (κ1) is 29.4. The van der Waals surface area contributed by atoms with Crippen LogP contribution < -0.4 is 10.1 Å². The number of unbranched alkanes of at least 4 members (excludes halogenated alkanes) is 3. The molecule has 0 aliphatic carbocycles. The number of aryl methyl sites for hydroxylation is 4. The van der Waals surface area contributed by atoms with Crippen LogP contribution in [0.5, 0.6) is 5.75 Å². The highest BCUT2D eigenvalue weighted by molar-refractivity contribution is 5.76. The molecule has 0 aliphatic rings. The van der Waals surface area contributed by atoms with Gasteiger partial charge in [-0.3, -0.25) is 4.79 Å². The van der Waals surface area contributed by atoms with Crippen LogP contribution in [0.4, 0.5) is 0 Å². The molecule has 1 N–H and O–H groups in total. The van der Waals surface area contributed by atoms with Gasteiger partial charge >= 0.3 is 0 Å². The number of ether oxygens (including phenoxy) is 1. The van der Waals surface area contributed by atoms with Crippen LogP contribution in [0.25, 0.3) is 11.0 Å². The first-order valence-corrected chi connectivity index (χ1v) is 15.0. The molecule has 0 saturated heterocycles. The molecule has 5 heteroatoms. The minimum Gasteiger partial charge on any atom is -0.493 e. The van der Waals surface area contributed by atoms with Gasteiger partial charge in [-0.05, 0) is 79.8 Å². The molecule has 1 amide bonds. The van der Waals surface area contributed by atoms with E-state index in [2.05, 4.69) is 85.3 Å². The lowest BCUT2D eigenvalue weighted by Gasteiger charge is -2.15. The van der Waals surface area contributed by atoms with Crippen LogP contribution in [0.1, 0.15) is 80.8 Å². The van der Waals surface area contributed by atoms with Crippen LogP contribution >= 0.6 is 0 Å². The van der Waals surface area contributed by atoms with E-state index in [0.717, 1.165) is 81.7 Å². The Morgan fingerprint density at radius 2 is 1.70 bits per heavy atom. The van der Waals surface area contributed by atoms with Gasteiger partial charge < -0.3 is 14.6 Å². The first-order valence-electron chi connectivity index (χ1n) is 15.0. The molecule has 5 nitrogen and oxygen atoms in total. The number of nitrogens with one attached hydrogen (secondary N) is 1. The average molecular weight is 540 g/mol. The highest BCUT2D eigenvalue weighted by Crippen LogP contribution is 2.27. The predicted octanol–water partition coefficient (Wildman–Crippen LogP) is 7.79. The number of benzene rings is 3. The second-order valence-electron chi connectivity index (χ2n) is 11.1. The summed E-state index contributed by atoms with van der Waals surface area (Å²) >= 11 is 0. The van der Waals surface area contributed by atoms with Crippen LogP contribution in [0.2, 0.25) is 0 Å². The number of amides is 1. The molecule has 0 fully saturated rings. The van der Waals surface area contributed by atoms with Crippen LogP contribution in [0, 0.1) is 6.92 Å². The zero-order valence-electron chi connectivity index (χ0n) is 24.5. The second-order valence-corrected chi connectivity index (χ2v) is 11.1. The number of carbonyl (C=O) groups is 1. The molecule has 0 radical (unpaired) electrons. The van der Waals surface area contributed by atoms with Crippen molar-refractivity contribution in [3.63, 3.8) is 0 Å². The number of hydrogen-bond acceptors (Lipinski definition) is 3. The Kier molecular flexibility index (Phi) is 11.2. The molecule has 0 bridgehead atoms. The summed E-state index contributed by atoms with van der Waals surface area (Å²) in [6, 6.07) is 25.1. The fourth-order valence-corrected chi connectivity index (χ4v) is 5.17. The molecule has 1 aromatic heterocycles. The quantitative estimate of drug-likeness (QED) is 0.148. The van der Waals surface area contributed by atoms with Crippen molar-refractivity contribution < 1.29 is 9.53 Å². The van der Waals surface area contributed by atoms with Gasteiger partial charge in [0, 0.05) is 25.9 Å². The van der Waals surface area contributed by atoms with Gasteiger partial charge in [0.1, 0.15) is 11.6 Å². The van der Waals surface area contributed by atoms with Crippen molar-refractivity contribution >= 4 is 16.9 Å². The van der Waals surface area contributed by atoms with Gasteiger partial charge in [-0.25, -0.2) is 4.98 Å². The number of aromatic nitrogens is 2. The van der Waals surface area contributed by atoms with Crippen molar-refractivity contribution in [2.24, 2.45) is 0 Å². The predicted molar refractivity (Wildman–Crippen MR) is 165 cm³/mol. The summed E-state index contributed by atoms with van der Waals surface area (Å²) in [7, 11) is 0. The summed E-state index contributed by atoms with van der Waals surface area (Å²) in [6.07, 6.45) is 7.47. The van der Waals surface area contributed by atoms with Crippen LogP contribution in [-0.4, -0.2) is 28.6 Å². The van der Waals surface area contributed by atoms with E-state index in [1.54, 1.807) is 0 Å². The maximum absolute atomic E-state index is 12.2. The number of imidazole rings is 1. The van der Waals surface area contributed by atoms with Gasteiger partial charge in [-0.15, -0.1) is 0 Å². The van der Waals surface area contributed by atoms with E-state index in [1.165, 1.54) is 22.2 Å². The Bertz CT molecular complexity index is 1340. The minimum absolute atomic E-state index is 0.137. The Morgan fingerprint density at radius 3 is 2.52 bits per heavy atom. The molecule has 0 unspecified atom stereocenters. The number of nitrogens with zero attached hydrogens (tertiary/aromatic N) is 2. The Balaban J connectivity index is 1.19. The molecule has 0 aliphatic heterocycles. The zero-order chi connectivity index (χ0) is 28.2. The molecule has 40 heavy (non-hydrogen) atoms. The van der Waals surface area contributed by atoms with E-state index < -0.39 is 0 Å². The normalized spacial score (nSPS) is 11.3. The smallest absolute Gasteiger partial charge is 0.220 e. The third-order valence-corrected chi connectivity index (χ3v) is 7.44. The first-order chi connectivity index (χ1) is 19.5. The van der Waals surface area contributed by atoms with Gasteiger partial charge in [0.25, 0.3) is 0 Å². The van der Waals surface area contributed by atoms with E-state index in [1.807, 2.05) is 18.2 Å². The summed E-state index contributed by atoms with van der Waals surface area (Å²) in [5, 5.41) is 3.08. The van der Waals surface area contributed by atoms with Crippen molar-refractivity contribution in [2.75, 3.05) is 13.2 Å². The lowest BCUT2D eigenvalue weighted by molar-refractivity contribution is -0.121. The SMILES string of the molecule is Cc1ccc(C(C)C)c(OCCCCn2c(CCCCCNC(=O)CCc3ccccc3)nc3ccccc32)c1. The van der Waals surface area contributed by atoms with Gasteiger partial charge in [0.2, 0.25) is 5.91 Å². The standard InChI is InChI=1S/C35H45N3O2/c1-27(2)30-21-19-28(3)26-33(30)40-25-13-12-24-38-32-17-10-9-16-31(32)37-34(38)18-8-5-11-23-36-35(39)22-20-29-14-6-4-7-15-29/h4,6-7,9-10,14-17,19,21,26-27H,5,8,11-13,18,20,22-25H2,1-3H3,(H,36,39). The molecule has 0 saturated carbocycles. The number of carbonyl (C=O) groups excluding carboxylic acids is 1. The zero-order valence-corrected chi connectivity index (χ0v) is 24.5. The largest absolute Gasteiger partial charge is 0.493 e. The number of para-hydroxylation sites is 2. The summed E-state index contributed by atoms with van der Waals surface area (Å²) in [6.45, 7) is 8.96. The van der Waals surface area contributed by atoms with E-state index in [9.17, 15) is 4.79 Å². The van der Waals surface area contributed by atoms with Crippen LogP contribution in [0.15, 0.2) is 72.8 Å². The average Bonchev–Trinajstić information content (AvgIpc) is 3.31. The lowest BCUT2D eigenvalue weighted by Crippen LogP contribution is -2.24. The fraction of sp³-hybridized carbons (Fsp3) is 0.429. The highest BCUT2D eigenvalue weighted by Gasteiger charge is 2.11. The molecule has 4 aromatic rings. The monoisotopic (exact) mass is 539 g/mol. The van der Waals surface area contributed by atoms with E-state index >= 15 is 0 Å². The van der Waals surface area contributed by atoms with Crippen molar-refractivity contribution in [1.29, 1.82) is 0 Å². The van der Waals surface area contributed by atoms with Gasteiger partial charge in [-0.1, -0.05) is 74.9 Å². The van der Waals surface area contributed by atoms with Crippen LogP contribution in [-0.2, 0) is 24.2 Å². The maximum atomic E-state index is 12.2. The highest BCUT2D eigenvalue weighted by atomic mass is 16.5. The molecule has 1 heterocycles. The third-order valence-electron chi connectivity index (χ3n) is 7.44. The molecular weight excluding hydrogens is 494 g/mol. The Morgan fingerprint density at radius 1 is 0.900 bits per heavy atom. The number of fused-ring (bicyclic) bond motifs is 1. The van der Waals surface area contributed by atoms with Gasteiger partial charge in [-0.2, -0.15) is 0 Å². The third kappa shape index (κ3) is 8.70. The van der Waals surface area contributed by atoms with E-state index in [0.29, 0.717) is 12.3 Å². The summed E-state index contributed by atoms with van der Waals surface area (Å²) in [5.74, 6) is 2.77. The number of hydrogen-bond donors (Lipinski definition) is 1. The molecule has 0 atom stereocenters. The fourth-order valence-electron chi connectivity index (χ4n) is 5.17. The Labute approximate surface area is 240 Å². The molecule has 4 rings (SSSR count). The van der Waals surface area contributed by atoms with Crippen molar-refractivity contribution in [2.45, 2.75) is 84.6 Å². The van der Waals surface area contributed by atoms with Crippen molar-refractivity contribution in [3.05, 3.63) is 95.3 Å². The van der Waals surface area contributed by atoms with Gasteiger partial charge in [0.05, 0.1) is 17.6 Å². The summed E-state index contributed by atoms with van der Waals surface area (Å²) in [5.41, 5.74) is 6.00. The van der Waals surface area contributed by atoms with Crippen molar-refractivity contribution in [1.82, 2.24) is 14.9 Å². The molecule has 0 spiro atoms. The minimum atomic E-state index is 0.137. The molecule has 3 aromatic carbocycles. The summed E-state index contributed by atoms with van der Waals surface area (Å²) < 4.78 is 8.61. The second kappa shape index (κ2) is 15.3. The van der Waals surface area contributed by atoms with Gasteiger partial charge in [0.15, 0.2) is 0 Å².